The van der Waals surface area contributed by atoms with Gasteiger partial charge in [-0.1, -0.05) is 45.2 Å². The Hall–Kier alpha value is -2.60. The number of hydrogen-bond acceptors (Lipinski definition) is 5. The molecule has 4 amide bonds. The van der Waals surface area contributed by atoms with Crippen LogP contribution >= 0.6 is 61.7 Å². The molecule has 0 aliphatic carbocycles. The predicted molar refractivity (Wildman–Crippen MR) is 150 cm³/mol. The second kappa shape index (κ2) is 11.2. The van der Waals surface area contributed by atoms with Crippen molar-refractivity contribution in [2.45, 2.75) is 6.61 Å². The molecule has 1 N–H and O–H groups in total. The van der Waals surface area contributed by atoms with Crippen LogP contribution < -0.4 is 19.7 Å². The van der Waals surface area contributed by atoms with Gasteiger partial charge in [-0.2, -0.15) is 0 Å². The molecule has 184 valence electrons. The van der Waals surface area contributed by atoms with E-state index in [4.69, 9.17) is 32.7 Å². The van der Waals surface area contributed by atoms with Gasteiger partial charge in [-0.15, -0.1) is 0 Å². The van der Waals surface area contributed by atoms with E-state index in [2.05, 4.69) is 43.8 Å². The van der Waals surface area contributed by atoms with Gasteiger partial charge in [0.25, 0.3) is 11.8 Å². The summed E-state index contributed by atoms with van der Waals surface area (Å²) < 4.78 is 12.9. The van der Waals surface area contributed by atoms with Gasteiger partial charge >= 0.3 is 6.03 Å². The minimum absolute atomic E-state index is 0.195. The molecular formula is C25H16BrCl2IN2O5. The monoisotopic (exact) mass is 700 g/mol. The Bertz CT molecular complexity index is 1410. The number of benzene rings is 3. The lowest BCUT2D eigenvalue weighted by Gasteiger charge is -2.26. The number of halogens is 4. The number of amides is 4. The number of anilines is 1. The topological polar surface area (TPSA) is 84.9 Å². The number of carbonyl (C=O) groups is 3. The number of hydrogen-bond donors (Lipinski definition) is 1. The first-order valence-electron chi connectivity index (χ1n) is 10.3. The highest BCUT2D eigenvalue weighted by atomic mass is 127. The van der Waals surface area contributed by atoms with Crippen molar-refractivity contribution in [2.75, 3.05) is 12.0 Å². The number of carbonyl (C=O) groups excluding carboxylic acids is 3. The first-order chi connectivity index (χ1) is 17.2. The third kappa shape index (κ3) is 5.69. The summed E-state index contributed by atoms with van der Waals surface area (Å²) in [6, 6.07) is 14.4. The summed E-state index contributed by atoms with van der Waals surface area (Å²) in [4.78, 5) is 39.0. The largest absolute Gasteiger partial charge is 0.493 e. The second-order valence-corrected chi connectivity index (χ2v) is 10.4. The Morgan fingerprint density at radius 2 is 1.75 bits per heavy atom. The van der Waals surface area contributed by atoms with E-state index in [1.165, 1.54) is 13.2 Å². The van der Waals surface area contributed by atoms with Crippen LogP contribution in [0.15, 0.2) is 64.6 Å². The molecule has 7 nitrogen and oxygen atoms in total. The van der Waals surface area contributed by atoms with Gasteiger partial charge < -0.3 is 9.47 Å². The molecule has 0 spiro atoms. The van der Waals surface area contributed by atoms with Crippen LogP contribution in [0.1, 0.15) is 11.1 Å². The Balaban J connectivity index is 1.63. The van der Waals surface area contributed by atoms with Crippen LogP contribution in [0.4, 0.5) is 10.5 Å². The molecule has 0 radical (unpaired) electrons. The summed E-state index contributed by atoms with van der Waals surface area (Å²) in [5.41, 5.74) is 1.47. The molecule has 11 heteroatoms. The number of ether oxygens (including phenoxy) is 2. The normalized spacial score (nSPS) is 14.8. The van der Waals surface area contributed by atoms with Gasteiger partial charge in [-0.3, -0.25) is 14.9 Å². The summed E-state index contributed by atoms with van der Waals surface area (Å²) in [5, 5.41) is 3.09. The maximum atomic E-state index is 13.1. The lowest BCUT2D eigenvalue weighted by atomic mass is 10.1. The maximum absolute atomic E-state index is 13.1. The fourth-order valence-electron chi connectivity index (χ4n) is 3.40. The molecule has 1 fully saturated rings. The minimum Gasteiger partial charge on any atom is -0.493 e. The van der Waals surface area contributed by atoms with Crippen molar-refractivity contribution in [3.8, 4) is 11.5 Å². The number of barbiturate groups is 1. The van der Waals surface area contributed by atoms with Crippen molar-refractivity contribution in [1.82, 2.24) is 5.32 Å². The van der Waals surface area contributed by atoms with Gasteiger partial charge in [-0.05, 0) is 88.3 Å². The fraction of sp³-hybridized carbons (Fsp3) is 0.0800. The molecule has 0 unspecified atom stereocenters. The van der Waals surface area contributed by atoms with E-state index in [0.29, 0.717) is 36.4 Å². The highest BCUT2D eigenvalue weighted by Gasteiger charge is 2.36. The Morgan fingerprint density at radius 3 is 2.42 bits per heavy atom. The van der Waals surface area contributed by atoms with Crippen molar-refractivity contribution >= 4 is 91.3 Å². The van der Waals surface area contributed by atoms with Crippen molar-refractivity contribution in [2.24, 2.45) is 0 Å². The number of imide groups is 2. The van der Waals surface area contributed by atoms with E-state index in [-0.39, 0.29) is 12.2 Å². The van der Waals surface area contributed by atoms with Crippen molar-refractivity contribution in [1.29, 1.82) is 0 Å². The molecule has 1 aliphatic heterocycles. The van der Waals surface area contributed by atoms with Crippen LogP contribution in [-0.2, 0) is 16.2 Å². The van der Waals surface area contributed by atoms with Gasteiger partial charge in [0, 0.05) is 4.47 Å². The summed E-state index contributed by atoms with van der Waals surface area (Å²) in [7, 11) is 1.49. The number of urea groups is 1. The molecule has 1 aliphatic rings. The predicted octanol–water partition coefficient (Wildman–Crippen LogP) is 6.61. The smallest absolute Gasteiger partial charge is 0.335 e. The number of rotatable bonds is 6. The quantitative estimate of drug-likeness (QED) is 0.178. The van der Waals surface area contributed by atoms with Crippen LogP contribution in [0.2, 0.25) is 10.0 Å². The zero-order valence-corrected chi connectivity index (χ0v) is 23.7. The first-order valence-corrected chi connectivity index (χ1v) is 12.9. The van der Waals surface area contributed by atoms with Crippen LogP contribution in [0.25, 0.3) is 6.08 Å². The average Bonchev–Trinajstić information content (AvgIpc) is 2.84. The highest BCUT2D eigenvalue weighted by molar-refractivity contribution is 14.1. The van der Waals surface area contributed by atoms with Crippen molar-refractivity contribution < 1.29 is 23.9 Å². The van der Waals surface area contributed by atoms with E-state index in [1.807, 2.05) is 0 Å². The summed E-state index contributed by atoms with van der Waals surface area (Å²) >= 11 is 17.4. The van der Waals surface area contributed by atoms with Crippen molar-refractivity contribution in [3.05, 3.63) is 89.4 Å². The van der Waals surface area contributed by atoms with Crippen LogP contribution in [0, 0.1) is 3.57 Å². The molecule has 36 heavy (non-hydrogen) atoms. The molecule has 4 rings (SSSR count). The van der Waals surface area contributed by atoms with E-state index in [0.717, 1.165) is 14.9 Å². The molecule has 1 heterocycles. The summed E-state index contributed by atoms with van der Waals surface area (Å²) in [6.07, 6.45) is 1.41. The summed E-state index contributed by atoms with van der Waals surface area (Å²) in [6.45, 7) is 0.217. The zero-order chi connectivity index (χ0) is 26.0. The molecule has 3 aromatic rings. The lowest BCUT2D eigenvalue weighted by molar-refractivity contribution is -0.122. The van der Waals surface area contributed by atoms with Gasteiger partial charge in [-0.25, -0.2) is 9.69 Å². The maximum Gasteiger partial charge on any atom is 0.335 e. The molecule has 0 atom stereocenters. The molecule has 1 saturated heterocycles. The Kier molecular flexibility index (Phi) is 8.23. The molecule has 3 aromatic carbocycles. The fourth-order valence-corrected chi connectivity index (χ4v) is 4.76. The van der Waals surface area contributed by atoms with E-state index >= 15 is 0 Å². The van der Waals surface area contributed by atoms with E-state index < -0.39 is 17.8 Å². The van der Waals surface area contributed by atoms with E-state index in [1.54, 1.807) is 54.6 Å². The Morgan fingerprint density at radius 1 is 1.03 bits per heavy atom. The number of methoxy groups -OCH3 is 1. The first kappa shape index (κ1) is 26.5. The van der Waals surface area contributed by atoms with Crippen LogP contribution in [0.3, 0.4) is 0 Å². The molecule has 0 saturated carbocycles. The number of nitrogens with one attached hydrogen (secondary N) is 1. The van der Waals surface area contributed by atoms with Crippen LogP contribution in [0.5, 0.6) is 11.5 Å². The highest BCUT2D eigenvalue weighted by Crippen LogP contribution is 2.36. The SMILES string of the molecule is COc1cc(/C=C2\C(=O)NC(=O)N(c3ccc(Br)cc3)C2=O)cc(I)c1OCc1ccc(Cl)c(Cl)c1. The molecular weight excluding hydrogens is 686 g/mol. The number of nitrogens with zero attached hydrogens (tertiary/aromatic N) is 1. The van der Waals surface area contributed by atoms with E-state index in [9.17, 15) is 14.4 Å². The standard InChI is InChI=1S/C25H16BrCl2IN2O5/c1-35-21-11-14(10-20(29)22(21)36-12-13-2-7-18(27)19(28)9-13)8-17-23(32)30-25(34)31(24(17)33)16-5-3-15(26)4-6-16/h2-11H,12H2,1H3,(H,30,32,34)/b17-8+. The van der Waals surface area contributed by atoms with Gasteiger partial charge in [0.2, 0.25) is 0 Å². The molecule has 0 aromatic heterocycles. The van der Waals surface area contributed by atoms with Gasteiger partial charge in [0.05, 0.1) is 26.4 Å². The summed E-state index contributed by atoms with van der Waals surface area (Å²) in [5.74, 6) is -0.636. The third-order valence-corrected chi connectivity index (χ3v) is 7.19. The second-order valence-electron chi connectivity index (χ2n) is 7.51. The third-order valence-electron chi connectivity index (χ3n) is 5.12. The van der Waals surface area contributed by atoms with Crippen molar-refractivity contribution in [3.63, 3.8) is 0 Å². The molecule has 0 bridgehead atoms. The van der Waals surface area contributed by atoms with Crippen LogP contribution in [-0.4, -0.2) is 25.0 Å². The zero-order valence-electron chi connectivity index (χ0n) is 18.5. The lowest BCUT2D eigenvalue weighted by Crippen LogP contribution is -2.54. The van der Waals surface area contributed by atoms with Gasteiger partial charge in [0.1, 0.15) is 12.2 Å². The van der Waals surface area contributed by atoms with Gasteiger partial charge in [0.15, 0.2) is 11.5 Å². The Labute approximate surface area is 238 Å². The minimum atomic E-state index is -0.817. The average molecular weight is 702 g/mol.